The molecule has 0 bridgehead atoms. The fourth-order valence-corrected chi connectivity index (χ4v) is 2.78. The molecule has 0 radical (unpaired) electrons. The number of hydrogen-bond donors (Lipinski definition) is 1. The van der Waals surface area contributed by atoms with Gasteiger partial charge in [-0.3, -0.25) is 4.79 Å². The number of rotatable bonds is 2. The van der Waals surface area contributed by atoms with Crippen molar-refractivity contribution in [2.24, 2.45) is 0 Å². The summed E-state index contributed by atoms with van der Waals surface area (Å²) in [6, 6.07) is 5.52. The standard InChI is InChI=1S/C14H17ClINO2/c1-14(2)8-10(5-6-19-14)17-13(18)9-3-4-12(16)11(15)7-9/h3-4,7,10H,5-6,8H2,1-2H3,(H,17,18). The van der Waals surface area contributed by atoms with Gasteiger partial charge in [-0.05, 0) is 67.5 Å². The molecule has 0 aliphatic carbocycles. The van der Waals surface area contributed by atoms with Crippen LogP contribution in [0.25, 0.3) is 0 Å². The van der Waals surface area contributed by atoms with Crippen LogP contribution in [0.3, 0.4) is 0 Å². The summed E-state index contributed by atoms with van der Waals surface area (Å²) in [6.07, 6.45) is 1.68. The molecule has 1 fully saturated rings. The molecular formula is C14H17ClINO2. The fraction of sp³-hybridized carbons (Fsp3) is 0.500. The third kappa shape index (κ3) is 4.07. The topological polar surface area (TPSA) is 38.3 Å². The molecule has 104 valence electrons. The molecule has 19 heavy (non-hydrogen) atoms. The Morgan fingerprint density at radius 3 is 2.89 bits per heavy atom. The number of ether oxygens (including phenoxy) is 1. The summed E-state index contributed by atoms with van der Waals surface area (Å²) in [7, 11) is 0. The number of benzene rings is 1. The fourth-order valence-electron chi connectivity index (χ4n) is 2.26. The highest BCUT2D eigenvalue weighted by atomic mass is 127. The molecule has 2 rings (SSSR count). The van der Waals surface area contributed by atoms with E-state index in [-0.39, 0.29) is 17.6 Å². The van der Waals surface area contributed by atoms with E-state index in [1.807, 2.05) is 19.9 Å². The smallest absolute Gasteiger partial charge is 0.251 e. The zero-order valence-corrected chi connectivity index (χ0v) is 13.9. The molecule has 0 aromatic heterocycles. The predicted molar refractivity (Wildman–Crippen MR) is 84.7 cm³/mol. The second-order valence-corrected chi connectivity index (χ2v) is 6.97. The molecule has 3 nitrogen and oxygen atoms in total. The number of nitrogens with one attached hydrogen (secondary N) is 1. The first-order chi connectivity index (χ1) is 8.87. The second kappa shape index (κ2) is 5.97. The van der Waals surface area contributed by atoms with E-state index in [4.69, 9.17) is 16.3 Å². The van der Waals surface area contributed by atoms with Gasteiger partial charge in [0.05, 0.1) is 10.6 Å². The van der Waals surface area contributed by atoms with Crippen LogP contribution in [0.15, 0.2) is 18.2 Å². The third-order valence-electron chi connectivity index (χ3n) is 3.21. The number of carbonyl (C=O) groups is 1. The molecule has 1 aliphatic rings. The summed E-state index contributed by atoms with van der Waals surface area (Å²) in [5.41, 5.74) is 0.439. The normalized spacial score (nSPS) is 22.0. The zero-order valence-electron chi connectivity index (χ0n) is 11.0. The lowest BCUT2D eigenvalue weighted by atomic mass is 9.94. The Bertz CT molecular complexity index is 490. The minimum Gasteiger partial charge on any atom is -0.375 e. The lowest BCUT2D eigenvalue weighted by Crippen LogP contribution is -2.45. The Morgan fingerprint density at radius 1 is 1.53 bits per heavy atom. The summed E-state index contributed by atoms with van der Waals surface area (Å²) in [4.78, 5) is 12.2. The summed E-state index contributed by atoms with van der Waals surface area (Å²) in [6.45, 7) is 4.78. The molecule has 1 atom stereocenters. The largest absolute Gasteiger partial charge is 0.375 e. The van der Waals surface area contributed by atoms with Gasteiger partial charge in [0.2, 0.25) is 0 Å². The maximum atomic E-state index is 12.2. The third-order valence-corrected chi connectivity index (χ3v) is 4.79. The average molecular weight is 394 g/mol. The van der Waals surface area contributed by atoms with E-state index < -0.39 is 0 Å². The van der Waals surface area contributed by atoms with Crippen LogP contribution in [-0.4, -0.2) is 24.2 Å². The monoisotopic (exact) mass is 393 g/mol. The Morgan fingerprint density at radius 2 is 2.26 bits per heavy atom. The van der Waals surface area contributed by atoms with Crippen LogP contribution in [0.2, 0.25) is 5.02 Å². The zero-order chi connectivity index (χ0) is 14.0. The van der Waals surface area contributed by atoms with Crippen LogP contribution in [-0.2, 0) is 4.74 Å². The molecule has 0 spiro atoms. The van der Waals surface area contributed by atoms with Crippen LogP contribution >= 0.6 is 34.2 Å². The van der Waals surface area contributed by atoms with Gasteiger partial charge in [-0.2, -0.15) is 0 Å². The SMILES string of the molecule is CC1(C)CC(NC(=O)c2ccc(I)c(Cl)c2)CCO1. The molecule has 5 heteroatoms. The van der Waals surface area contributed by atoms with Crippen molar-refractivity contribution in [3.05, 3.63) is 32.4 Å². The van der Waals surface area contributed by atoms with Crippen LogP contribution in [0.1, 0.15) is 37.0 Å². The molecule has 1 amide bonds. The van der Waals surface area contributed by atoms with E-state index in [0.717, 1.165) is 16.4 Å². The first kappa shape index (κ1) is 15.1. The summed E-state index contributed by atoms with van der Waals surface area (Å²) in [5, 5.41) is 3.67. The van der Waals surface area contributed by atoms with Gasteiger partial charge in [-0.1, -0.05) is 11.6 Å². The molecule has 1 unspecified atom stereocenters. The van der Waals surface area contributed by atoms with E-state index in [9.17, 15) is 4.79 Å². The Kier molecular flexibility index (Phi) is 4.74. The molecule has 1 aromatic carbocycles. The van der Waals surface area contributed by atoms with Crippen molar-refractivity contribution >= 4 is 40.1 Å². The minimum atomic E-state index is -0.167. The van der Waals surface area contributed by atoms with E-state index in [0.29, 0.717) is 17.2 Å². The van der Waals surface area contributed by atoms with Gasteiger partial charge in [0.15, 0.2) is 0 Å². The Labute approximate surface area is 132 Å². The number of halogens is 2. The molecule has 1 aromatic rings. The van der Waals surface area contributed by atoms with Gasteiger partial charge in [0.1, 0.15) is 0 Å². The van der Waals surface area contributed by atoms with Crippen LogP contribution < -0.4 is 5.32 Å². The van der Waals surface area contributed by atoms with E-state index >= 15 is 0 Å². The van der Waals surface area contributed by atoms with Crippen molar-refractivity contribution in [3.63, 3.8) is 0 Å². The van der Waals surface area contributed by atoms with Crippen LogP contribution in [0.5, 0.6) is 0 Å². The average Bonchev–Trinajstić information content (AvgIpc) is 2.31. The number of hydrogen-bond acceptors (Lipinski definition) is 2. The summed E-state index contributed by atoms with van der Waals surface area (Å²) in [5.74, 6) is -0.0685. The maximum Gasteiger partial charge on any atom is 0.251 e. The lowest BCUT2D eigenvalue weighted by Gasteiger charge is -2.35. The van der Waals surface area contributed by atoms with Gasteiger partial charge in [-0.15, -0.1) is 0 Å². The Balaban J connectivity index is 2.02. The minimum absolute atomic E-state index is 0.0685. The highest BCUT2D eigenvalue weighted by Crippen LogP contribution is 2.24. The highest BCUT2D eigenvalue weighted by Gasteiger charge is 2.29. The van der Waals surface area contributed by atoms with Gasteiger partial charge in [-0.25, -0.2) is 0 Å². The predicted octanol–water partition coefficient (Wildman–Crippen LogP) is 3.63. The molecule has 1 saturated heterocycles. The first-order valence-corrected chi connectivity index (χ1v) is 7.73. The van der Waals surface area contributed by atoms with Gasteiger partial charge in [0, 0.05) is 21.8 Å². The summed E-state index contributed by atoms with van der Waals surface area (Å²) >= 11 is 8.18. The lowest BCUT2D eigenvalue weighted by molar-refractivity contribution is -0.0615. The van der Waals surface area contributed by atoms with Crippen molar-refractivity contribution in [2.75, 3.05) is 6.61 Å². The van der Waals surface area contributed by atoms with Crippen molar-refractivity contribution < 1.29 is 9.53 Å². The highest BCUT2D eigenvalue weighted by molar-refractivity contribution is 14.1. The molecular weight excluding hydrogens is 377 g/mol. The van der Waals surface area contributed by atoms with Gasteiger partial charge >= 0.3 is 0 Å². The van der Waals surface area contributed by atoms with Gasteiger partial charge in [0.25, 0.3) is 5.91 Å². The second-order valence-electron chi connectivity index (χ2n) is 5.40. The van der Waals surface area contributed by atoms with E-state index in [1.165, 1.54) is 0 Å². The van der Waals surface area contributed by atoms with Gasteiger partial charge < -0.3 is 10.1 Å². The Hall–Kier alpha value is -0.330. The van der Waals surface area contributed by atoms with Crippen molar-refractivity contribution in [3.8, 4) is 0 Å². The summed E-state index contributed by atoms with van der Waals surface area (Å²) < 4.78 is 6.59. The molecule has 1 N–H and O–H groups in total. The van der Waals surface area contributed by atoms with Crippen LogP contribution in [0, 0.1) is 3.57 Å². The van der Waals surface area contributed by atoms with Crippen LogP contribution in [0.4, 0.5) is 0 Å². The van der Waals surface area contributed by atoms with Crippen molar-refractivity contribution in [1.29, 1.82) is 0 Å². The molecule has 1 heterocycles. The maximum absolute atomic E-state index is 12.2. The van der Waals surface area contributed by atoms with E-state index in [1.54, 1.807) is 12.1 Å². The number of carbonyl (C=O) groups excluding carboxylic acids is 1. The van der Waals surface area contributed by atoms with Crippen molar-refractivity contribution in [1.82, 2.24) is 5.32 Å². The first-order valence-electron chi connectivity index (χ1n) is 6.27. The van der Waals surface area contributed by atoms with Crippen molar-refractivity contribution in [2.45, 2.75) is 38.3 Å². The van der Waals surface area contributed by atoms with E-state index in [2.05, 4.69) is 27.9 Å². The molecule has 0 saturated carbocycles. The number of amides is 1. The molecule has 1 aliphatic heterocycles. The quantitative estimate of drug-likeness (QED) is 0.779.